The van der Waals surface area contributed by atoms with Crippen LogP contribution >= 0.6 is 0 Å². The molecule has 0 fully saturated rings. The highest BCUT2D eigenvalue weighted by Crippen LogP contribution is 2.25. The molecule has 0 radical (unpaired) electrons. The van der Waals surface area contributed by atoms with Crippen LogP contribution in [0.3, 0.4) is 0 Å². The number of hydrogen-bond acceptors (Lipinski definition) is 4. The summed E-state index contributed by atoms with van der Waals surface area (Å²) in [6.45, 7) is 4.43. The zero-order valence-corrected chi connectivity index (χ0v) is 11.7. The van der Waals surface area contributed by atoms with E-state index in [1.165, 1.54) is 0 Å². The summed E-state index contributed by atoms with van der Waals surface area (Å²) in [5.74, 6) is 0. The molecule has 0 aliphatic heterocycles. The lowest BCUT2D eigenvalue weighted by atomic mass is 10.1. The van der Waals surface area contributed by atoms with Gasteiger partial charge in [0.05, 0.1) is 16.8 Å². The summed E-state index contributed by atoms with van der Waals surface area (Å²) in [6.07, 6.45) is 3.58. The molecule has 1 N–H and O–H groups in total. The molecule has 1 aromatic carbocycles. The van der Waals surface area contributed by atoms with Crippen molar-refractivity contribution in [1.82, 2.24) is 4.98 Å². The zero-order chi connectivity index (χ0) is 14.2. The molecule has 0 aliphatic rings. The lowest BCUT2D eigenvalue weighted by Gasteiger charge is -2.11. The van der Waals surface area contributed by atoms with Gasteiger partial charge in [0.15, 0.2) is 0 Å². The molecule has 0 atom stereocenters. The van der Waals surface area contributed by atoms with Crippen LogP contribution in [0.15, 0.2) is 30.5 Å². The first-order valence-corrected chi connectivity index (χ1v) is 6.96. The van der Waals surface area contributed by atoms with Crippen LogP contribution in [0.5, 0.6) is 0 Å². The minimum absolute atomic E-state index is 0.582. The highest BCUT2D eigenvalue weighted by atomic mass is 16.5. The number of ether oxygens (including phenoxy) is 1. The smallest absolute Gasteiger partial charge is 0.103 e. The van der Waals surface area contributed by atoms with E-state index in [2.05, 4.69) is 23.3 Å². The SMILES string of the molecule is CCCOCCCNc1c(C#N)cnc2ccccc12. The van der Waals surface area contributed by atoms with Gasteiger partial charge in [-0.15, -0.1) is 0 Å². The van der Waals surface area contributed by atoms with E-state index in [1.54, 1.807) is 6.20 Å². The maximum atomic E-state index is 9.20. The van der Waals surface area contributed by atoms with Gasteiger partial charge in [0.25, 0.3) is 0 Å². The van der Waals surface area contributed by atoms with E-state index in [0.29, 0.717) is 5.56 Å². The fraction of sp³-hybridized carbons (Fsp3) is 0.375. The number of pyridine rings is 1. The highest BCUT2D eigenvalue weighted by Gasteiger charge is 2.07. The number of nitrogens with zero attached hydrogens (tertiary/aromatic N) is 2. The van der Waals surface area contributed by atoms with Gasteiger partial charge >= 0.3 is 0 Å². The monoisotopic (exact) mass is 269 g/mol. The Labute approximate surface area is 119 Å². The molecule has 2 aromatic rings. The number of benzene rings is 1. The molecule has 0 saturated heterocycles. The van der Waals surface area contributed by atoms with Gasteiger partial charge in [-0.25, -0.2) is 0 Å². The lowest BCUT2D eigenvalue weighted by molar-refractivity contribution is 0.134. The van der Waals surface area contributed by atoms with Gasteiger partial charge < -0.3 is 10.1 Å². The predicted octanol–water partition coefficient (Wildman–Crippen LogP) is 3.34. The van der Waals surface area contributed by atoms with E-state index in [1.807, 2.05) is 24.3 Å². The Morgan fingerprint density at radius 2 is 2.15 bits per heavy atom. The molecule has 104 valence electrons. The van der Waals surface area contributed by atoms with Gasteiger partial charge in [0.2, 0.25) is 0 Å². The van der Waals surface area contributed by atoms with Crippen molar-refractivity contribution in [2.24, 2.45) is 0 Å². The van der Waals surface area contributed by atoms with Crippen LogP contribution in [0.2, 0.25) is 0 Å². The topological polar surface area (TPSA) is 57.9 Å². The average molecular weight is 269 g/mol. The molecular weight excluding hydrogens is 250 g/mol. The normalized spacial score (nSPS) is 10.4. The van der Waals surface area contributed by atoms with Crippen LogP contribution in [0.4, 0.5) is 5.69 Å². The van der Waals surface area contributed by atoms with Crippen molar-refractivity contribution in [1.29, 1.82) is 5.26 Å². The summed E-state index contributed by atoms with van der Waals surface area (Å²) in [5.41, 5.74) is 2.35. The Kier molecular flexibility index (Phi) is 5.33. The average Bonchev–Trinajstić information content (AvgIpc) is 2.50. The molecule has 4 nitrogen and oxygen atoms in total. The second kappa shape index (κ2) is 7.46. The quantitative estimate of drug-likeness (QED) is 0.783. The van der Waals surface area contributed by atoms with Gasteiger partial charge in [0.1, 0.15) is 6.07 Å². The molecule has 4 heteroatoms. The van der Waals surface area contributed by atoms with E-state index in [-0.39, 0.29) is 0 Å². The summed E-state index contributed by atoms with van der Waals surface area (Å²) in [6, 6.07) is 10.0. The molecule has 1 aromatic heterocycles. The number of para-hydroxylation sites is 1. The predicted molar refractivity (Wildman–Crippen MR) is 80.7 cm³/mol. The summed E-state index contributed by atoms with van der Waals surface area (Å²) < 4.78 is 5.45. The van der Waals surface area contributed by atoms with Crippen molar-refractivity contribution in [3.63, 3.8) is 0 Å². The largest absolute Gasteiger partial charge is 0.383 e. The number of hydrogen-bond donors (Lipinski definition) is 1. The summed E-state index contributed by atoms with van der Waals surface area (Å²) in [5, 5.41) is 13.5. The van der Waals surface area contributed by atoms with Gasteiger partial charge in [-0.05, 0) is 18.9 Å². The van der Waals surface area contributed by atoms with Crippen LogP contribution in [0.1, 0.15) is 25.3 Å². The summed E-state index contributed by atoms with van der Waals surface area (Å²) in [7, 11) is 0. The Bertz CT molecular complexity index is 604. The standard InChI is InChI=1S/C16H19N3O/c1-2-9-20-10-5-8-18-16-13(11-17)12-19-15-7-4-3-6-14(15)16/h3-4,6-7,12H,2,5,8-10H2,1H3,(H,18,19). The summed E-state index contributed by atoms with van der Waals surface area (Å²) >= 11 is 0. The third-order valence-corrected chi connectivity index (χ3v) is 3.01. The number of nitriles is 1. The minimum Gasteiger partial charge on any atom is -0.383 e. The maximum absolute atomic E-state index is 9.20. The second-order valence-corrected chi connectivity index (χ2v) is 4.57. The first kappa shape index (κ1) is 14.3. The minimum atomic E-state index is 0.582. The molecule has 0 amide bonds. The van der Waals surface area contributed by atoms with Gasteiger partial charge in [-0.2, -0.15) is 5.26 Å². The third kappa shape index (κ3) is 3.46. The summed E-state index contributed by atoms with van der Waals surface area (Å²) in [4.78, 5) is 4.29. The fourth-order valence-corrected chi connectivity index (χ4v) is 2.05. The second-order valence-electron chi connectivity index (χ2n) is 4.57. The van der Waals surface area contributed by atoms with E-state index in [4.69, 9.17) is 4.74 Å². The Morgan fingerprint density at radius 1 is 1.30 bits per heavy atom. The Hall–Kier alpha value is -2.12. The molecular formula is C16H19N3O. The highest BCUT2D eigenvalue weighted by molar-refractivity contribution is 5.93. The zero-order valence-electron chi connectivity index (χ0n) is 11.7. The van der Waals surface area contributed by atoms with Crippen molar-refractivity contribution in [2.75, 3.05) is 25.1 Å². The van der Waals surface area contributed by atoms with Crippen molar-refractivity contribution in [2.45, 2.75) is 19.8 Å². The molecule has 0 spiro atoms. The van der Waals surface area contributed by atoms with E-state index in [0.717, 1.165) is 49.2 Å². The van der Waals surface area contributed by atoms with Crippen LogP contribution in [-0.2, 0) is 4.74 Å². The lowest BCUT2D eigenvalue weighted by Crippen LogP contribution is -2.08. The maximum Gasteiger partial charge on any atom is 0.103 e. The number of rotatable bonds is 7. The van der Waals surface area contributed by atoms with Gasteiger partial charge in [0, 0.05) is 31.3 Å². The Balaban J connectivity index is 2.06. The number of anilines is 1. The molecule has 2 rings (SSSR count). The van der Waals surface area contributed by atoms with E-state index in [9.17, 15) is 5.26 Å². The van der Waals surface area contributed by atoms with Crippen LogP contribution < -0.4 is 5.32 Å². The van der Waals surface area contributed by atoms with Crippen molar-refractivity contribution in [3.8, 4) is 6.07 Å². The number of fused-ring (bicyclic) bond motifs is 1. The van der Waals surface area contributed by atoms with E-state index < -0.39 is 0 Å². The van der Waals surface area contributed by atoms with Crippen LogP contribution in [0, 0.1) is 11.3 Å². The first-order valence-electron chi connectivity index (χ1n) is 6.96. The number of nitrogens with one attached hydrogen (secondary N) is 1. The Morgan fingerprint density at radius 3 is 2.95 bits per heavy atom. The van der Waals surface area contributed by atoms with Crippen molar-refractivity contribution < 1.29 is 4.74 Å². The molecule has 0 unspecified atom stereocenters. The van der Waals surface area contributed by atoms with Crippen molar-refractivity contribution in [3.05, 3.63) is 36.0 Å². The molecule has 0 aliphatic carbocycles. The molecule has 0 bridgehead atoms. The van der Waals surface area contributed by atoms with Crippen LogP contribution in [-0.4, -0.2) is 24.7 Å². The third-order valence-electron chi connectivity index (χ3n) is 3.01. The van der Waals surface area contributed by atoms with Crippen LogP contribution in [0.25, 0.3) is 10.9 Å². The molecule has 20 heavy (non-hydrogen) atoms. The van der Waals surface area contributed by atoms with Gasteiger partial charge in [-0.1, -0.05) is 25.1 Å². The molecule has 0 saturated carbocycles. The van der Waals surface area contributed by atoms with E-state index >= 15 is 0 Å². The molecule has 1 heterocycles. The number of aromatic nitrogens is 1. The first-order chi connectivity index (χ1) is 9.86. The van der Waals surface area contributed by atoms with Crippen molar-refractivity contribution >= 4 is 16.6 Å². The fourth-order valence-electron chi connectivity index (χ4n) is 2.05. The van der Waals surface area contributed by atoms with Gasteiger partial charge in [-0.3, -0.25) is 4.98 Å².